The minimum absolute atomic E-state index is 0.0474. The molecule has 0 fully saturated rings. The van der Waals surface area contributed by atoms with Gasteiger partial charge in [-0.2, -0.15) is 5.10 Å². The highest BCUT2D eigenvalue weighted by Gasteiger charge is 2.17. The van der Waals surface area contributed by atoms with Crippen molar-refractivity contribution in [1.82, 2.24) is 9.78 Å². The Balaban J connectivity index is 1.70. The molecule has 0 bridgehead atoms. The summed E-state index contributed by atoms with van der Waals surface area (Å²) in [4.78, 5) is 24.1. The molecule has 2 aromatic rings. The van der Waals surface area contributed by atoms with Gasteiger partial charge in [-0.1, -0.05) is 29.3 Å². The number of benzene rings is 1. The van der Waals surface area contributed by atoms with Gasteiger partial charge in [0.2, 0.25) is 0 Å². The van der Waals surface area contributed by atoms with Crippen LogP contribution in [0.25, 0.3) is 0 Å². The topological polar surface area (TPSA) is 79.7 Å². The third-order valence-corrected chi connectivity index (χ3v) is 4.61. The maximum atomic E-state index is 12.3. The maximum absolute atomic E-state index is 12.3. The molecule has 138 valence electrons. The van der Waals surface area contributed by atoms with E-state index in [4.69, 9.17) is 14.2 Å². The molecule has 0 N–H and O–H groups in total. The zero-order chi connectivity index (χ0) is 18.5. The minimum Gasteiger partial charge on any atom is -0.486 e. The van der Waals surface area contributed by atoms with Gasteiger partial charge < -0.3 is 14.2 Å². The van der Waals surface area contributed by atoms with Crippen molar-refractivity contribution in [2.45, 2.75) is 32.9 Å². The van der Waals surface area contributed by atoms with Crippen LogP contribution in [0.4, 0.5) is 0 Å². The molecule has 8 heteroatoms. The SMILES string of the molecule is CCCCn1nc(C(=O)OCc2cc3c(cc2Br)OCCO3)ccc1=O. The third-order valence-electron chi connectivity index (χ3n) is 3.87. The molecule has 0 unspecified atom stereocenters. The number of hydrogen-bond acceptors (Lipinski definition) is 6. The van der Waals surface area contributed by atoms with E-state index in [9.17, 15) is 9.59 Å². The van der Waals surface area contributed by atoms with Crippen LogP contribution in [0.2, 0.25) is 0 Å². The van der Waals surface area contributed by atoms with Crippen molar-refractivity contribution in [2.75, 3.05) is 13.2 Å². The van der Waals surface area contributed by atoms with Gasteiger partial charge in [-0.15, -0.1) is 0 Å². The monoisotopic (exact) mass is 422 g/mol. The Labute approximate surface area is 159 Å². The lowest BCUT2D eigenvalue weighted by molar-refractivity contribution is 0.0461. The van der Waals surface area contributed by atoms with Crippen LogP contribution < -0.4 is 15.0 Å². The Hall–Kier alpha value is -2.35. The Bertz CT molecular complexity index is 865. The molecule has 1 aliphatic heterocycles. The van der Waals surface area contributed by atoms with E-state index in [1.807, 2.05) is 6.92 Å². The number of rotatable bonds is 6. The molecule has 26 heavy (non-hydrogen) atoms. The van der Waals surface area contributed by atoms with Crippen LogP contribution in [0, 0.1) is 0 Å². The van der Waals surface area contributed by atoms with Crippen LogP contribution in [-0.4, -0.2) is 29.0 Å². The van der Waals surface area contributed by atoms with Crippen molar-refractivity contribution < 1.29 is 19.0 Å². The van der Waals surface area contributed by atoms with Gasteiger partial charge in [0, 0.05) is 22.6 Å². The van der Waals surface area contributed by atoms with Crippen LogP contribution in [-0.2, 0) is 17.9 Å². The van der Waals surface area contributed by atoms with E-state index in [1.54, 1.807) is 12.1 Å². The third kappa shape index (κ3) is 4.24. The Morgan fingerprint density at radius 2 is 2.00 bits per heavy atom. The van der Waals surface area contributed by atoms with E-state index in [1.165, 1.54) is 16.8 Å². The van der Waals surface area contributed by atoms with E-state index >= 15 is 0 Å². The molecule has 1 aromatic heterocycles. The molecule has 0 saturated heterocycles. The Morgan fingerprint density at radius 3 is 2.73 bits per heavy atom. The van der Waals surface area contributed by atoms with E-state index < -0.39 is 5.97 Å². The van der Waals surface area contributed by atoms with Gasteiger partial charge in [0.1, 0.15) is 19.8 Å². The van der Waals surface area contributed by atoms with Crippen LogP contribution in [0.1, 0.15) is 35.8 Å². The largest absolute Gasteiger partial charge is 0.486 e. The van der Waals surface area contributed by atoms with Crippen molar-refractivity contribution in [3.05, 3.63) is 50.3 Å². The summed E-state index contributed by atoms with van der Waals surface area (Å²) in [6.45, 7) is 3.54. The molecular formula is C18H19BrN2O5. The number of nitrogens with zero attached hydrogens (tertiary/aromatic N) is 2. The number of ether oxygens (including phenoxy) is 3. The molecule has 7 nitrogen and oxygen atoms in total. The number of esters is 1. The molecule has 0 saturated carbocycles. The quantitative estimate of drug-likeness (QED) is 0.665. The average molecular weight is 423 g/mol. The Kier molecular flexibility index (Phi) is 5.92. The lowest BCUT2D eigenvalue weighted by Gasteiger charge is -2.19. The summed E-state index contributed by atoms with van der Waals surface area (Å²) < 4.78 is 18.4. The molecule has 0 atom stereocenters. The van der Waals surface area contributed by atoms with Crippen molar-refractivity contribution in [3.63, 3.8) is 0 Å². The molecule has 1 aliphatic rings. The molecule has 0 radical (unpaired) electrons. The standard InChI is InChI=1S/C18H19BrN2O5/c1-2-3-6-21-17(22)5-4-14(20-21)18(23)26-11-12-9-15-16(10-13(12)19)25-8-7-24-15/h4-5,9-10H,2-3,6-8,11H2,1H3. The number of unbranched alkanes of at least 4 members (excludes halogenated alkanes) is 1. The van der Waals surface area contributed by atoms with Crippen LogP contribution in [0.15, 0.2) is 33.5 Å². The molecule has 0 spiro atoms. The zero-order valence-electron chi connectivity index (χ0n) is 14.4. The number of carbonyl (C=O) groups is 1. The van der Waals surface area contributed by atoms with Gasteiger partial charge in [0.05, 0.1) is 0 Å². The Morgan fingerprint density at radius 1 is 1.27 bits per heavy atom. The zero-order valence-corrected chi connectivity index (χ0v) is 16.0. The summed E-state index contributed by atoms with van der Waals surface area (Å²) in [6.07, 6.45) is 1.75. The first-order chi connectivity index (χ1) is 12.6. The molecule has 0 aliphatic carbocycles. The number of aryl methyl sites for hydroxylation is 1. The number of halogens is 1. The first-order valence-corrected chi connectivity index (χ1v) is 9.21. The maximum Gasteiger partial charge on any atom is 0.359 e. The van der Waals surface area contributed by atoms with E-state index in [2.05, 4.69) is 21.0 Å². The summed E-state index contributed by atoms with van der Waals surface area (Å²) in [5, 5.41) is 4.09. The molecular weight excluding hydrogens is 404 g/mol. The molecule has 2 heterocycles. The molecule has 0 amide bonds. The van der Waals surface area contributed by atoms with Gasteiger partial charge in [-0.25, -0.2) is 9.48 Å². The fourth-order valence-electron chi connectivity index (χ4n) is 2.46. The lowest BCUT2D eigenvalue weighted by atomic mass is 10.2. The molecule has 1 aromatic carbocycles. The van der Waals surface area contributed by atoms with Gasteiger partial charge in [-0.3, -0.25) is 4.79 Å². The van der Waals surface area contributed by atoms with Crippen molar-refractivity contribution in [3.8, 4) is 11.5 Å². The highest BCUT2D eigenvalue weighted by atomic mass is 79.9. The second-order valence-corrected chi connectivity index (χ2v) is 6.65. The van der Waals surface area contributed by atoms with Crippen LogP contribution >= 0.6 is 15.9 Å². The van der Waals surface area contributed by atoms with Gasteiger partial charge in [0.15, 0.2) is 17.2 Å². The fraction of sp³-hybridized carbons (Fsp3) is 0.389. The van der Waals surface area contributed by atoms with Gasteiger partial charge in [-0.05, 0) is 24.6 Å². The minimum atomic E-state index is -0.586. The summed E-state index contributed by atoms with van der Waals surface area (Å²) in [5.74, 6) is 0.691. The van der Waals surface area contributed by atoms with Gasteiger partial charge in [0.25, 0.3) is 5.56 Å². The highest BCUT2D eigenvalue weighted by Crippen LogP contribution is 2.35. The van der Waals surface area contributed by atoms with Crippen molar-refractivity contribution in [1.29, 1.82) is 0 Å². The van der Waals surface area contributed by atoms with Crippen LogP contribution in [0.3, 0.4) is 0 Å². The second-order valence-electron chi connectivity index (χ2n) is 5.80. The van der Waals surface area contributed by atoms with E-state index in [0.717, 1.165) is 22.9 Å². The number of carbonyl (C=O) groups excluding carboxylic acids is 1. The first-order valence-electron chi connectivity index (χ1n) is 8.42. The van der Waals surface area contributed by atoms with E-state index in [0.29, 0.717) is 31.3 Å². The first kappa shape index (κ1) is 18.4. The predicted molar refractivity (Wildman–Crippen MR) is 97.7 cm³/mol. The van der Waals surface area contributed by atoms with Crippen LogP contribution in [0.5, 0.6) is 11.5 Å². The fourth-order valence-corrected chi connectivity index (χ4v) is 2.90. The number of fused-ring (bicyclic) bond motifs is 1. The van der Waals surface area contributed by atoms with E-state index in [-0.39, 0.29) is 17.9 Å². The van der Waals surface area contributed by atoms with Gasteiger partial charge >= 0.3 is 5.97 Å². The smallest absolute Gasteiger partial charge is 0.359 e. The normalized spacial score (nSPS) is 12.7. The molecule has 3 rings (SSSR count). The summed E-state index contributed by atoms with van der Waals surface area (Å²) in [6, 6.07) is 6.29. The predicted octanol–water partition coefficient (Wildman–Crippen LogP) is 2.93. The van der Waals surface area contributed by atoms with Crippen molar-refractivity contribution >= 4 is 21.9 Å². The highest BCUT2D eigenvalue weighted by molar-refractivity contribution is 9.10. The lowest BCUT2D eigenvalue weighted by Crippen LogP contribution is -2.25. The summed E-state index contributed by atoms with van der Waals surface area (Å²) in [7, 11) is 0. The second kappa shape index (κ2) is 8.35. The summed E-state index contributed by atoms with van der Waals surface area (Å²) in [5.41, 5.74) is 0.626. The number of hydrogen-bond donors (Lipinski definition) is 0. The average Bonchev–Trinajstić information content (AvgIpc) is 2.65. The van der Waals surface area contributed by atoms with Crippen molar-refractivity contribution in [2.24, 2.45) is 0 Å². The number of aromatic nitrogens is 2. The summed E-state index contributed by atoms with van der Waals surface area (Å²) >= 11 is 3.44.